The third-order valence-corrected chi connectivity index (χ3v) is 6.04. The van der Waals surface area contributed by atoms with Crippen molar-refractivity contribution >= 4 is 55.2 Å². The first-order valence-corrected chi connectivity index (χ1v) is 10.1. The van der Waals surface area contributed by atoms with Crippen LogP contribution in [-0.4, -0.2) is 19.9 Å². The molecule has 0 aliphatic carbocycles. The van der Waals surface area contributed by atoms with E-state index < -0.39 is 0 Å². The average Bonchev–Trinajstić information content (AvgIpc) is 3.17. The zero-order valence-electron chi connectivity index (χ0n) is 15.4. The second kappa shape index (κ2) is 6.40. The highest BCUT2D eigenvalue weighted by Gasteiger charge is 2.16. The molecule has 7 heteroatoms. The molecule has 0 radical (unpaired) electrons. The first-order chi connectivity index (χ1) is 14.7. The van der Waals surface area contributed by atoms with Gasteiger partial charge in [0.25, 0.3) is 5.56 Å². The van der Waals surface area contributed by atoms with E-state index in [1.54, 1.807) is 18.3 Å². The van der Waals surface area contributed by atoms with Crippen molar-refractivity contribution in [1.82, 2.24) is 19.9 Å². The van der Waals surface area contributed by atoms with E-state index in [4.69, 9.17) is 4.98 Å². The Hall–Kier alpha value is -3.71. The van der Waals surface area contributed by atoms with Gasteiger partial charge in [0.2, 0.25) is 0 Å². The molecule has 0 aliphatic heterocycles. The summed E-state index contributed by atoms with van der Waals surface area (Å²) in [4.78, 5) is 28.8. The normalized spacial score (nSPS) is 11.8. The number of halogens is 1. The van der Waals surface area contributed by atoms with E-state index in [1.165, 1.54) is 23.9 Å². The molecule has 30 heavy (non-hydrogen) atoms. The predicted molar refractivity (Wildman–Crippen MR) is 118 cm³/mol. The van der Waals surface area contributed by atoms with E-state index in [0.29, 0.717) is 26.8 Å². The zero-order valence-corrected chi connectivity index (χ0v) is 16.3. The number of hydrogen-bond donors (Lipinski definition) is 2. The summed E-state index contributed by atoms with van der Waals surface area (Å²) in [5, 5.41) is 4.18. The fraction of sp³-hybridized carbons (Fsp3) is 0. The molecule has 144 valence electrons. The maximum atomic E-state index is 14.0. The fourth-order valence-corrected chi connectivity index (χ4v) is 4.70. The number of pyridine rings is 2. The molecular formula is C23H13FN4OS. The van der Waals surface area contributed by atoms with E-state index >= 15 is 0 Å². The molecule has 0 spiro atoms. The first-order valence-electron chi connectivity index (χ1n) is 9.32. The number of benzene rings is 3. The van der Waals surface area contributed by atoms with E-state index in [0.717, 1.165) is 26.7 Å². The number of fused-ring (bicyclic) bond motifs is 7. The summed E-state index contributed by atoms with van der Waals surface area (Å²) in [7, 11) is 0. The number of imidazole rings is 1. The summed E-state index contributed by atoms with van der Waals surface area (Å²) in [6.45, 7) is 0. The monoisotopic (exact) mass is 412 g/mol. The van der Waals surface area contributed by atoms with Crippen molar-refractivity contribution in [2.24, 2.45) is 0 Å². The van der Waals surface area contributed by atoms with Gasteiger partial charge < -0.3 is 9.97 Å². The van der Waals surface area contributed by atoms with Crippen LogP contribution in [0.5, 0.6) is 0 Å². The van der Waals surface area contributed by atoms with Crippen LogP contribution in [0.15, 0.2) is 81.8 Å². The smallest absolute Gasteiger partial charge is 0.256 e. The minimum atomic E-state index is -0.386. The Balaban J connectivity index is 1.60. The van der Waals surface area contributed by atoms with Gasteiger partial charge in [0.15, 0.2) is 5.16 Å². The number of nitrogens with one attached hydrogen (secondary N) is 2. The van der Waals surface area contributed by atoms with Gasteiger partial charge in [-0.05, 0) is 36.4 Å². The van der Waals surface area contributed by atoms with Crippen molar-refractivity contribution in [2.45, 2.75) is 10.1 Å². The largest absolute Gasteiger partial charge is 0.332 e. The van der Waals surface area contributed by atoms with Crippen LogP contribution in [0.2, 0.25) is 0 Å². The number of aromatic amines is 2. The lowest BCUT2D eigenvalue weighted by atomic mass is 10.0. The zero-order chi connectivity index (χ0) is 20.2. The van der Waals surface area contributed by atoms with E-state index in [2.05, 4.69) is 21.0 Å². The van der Waals surface area contributed by atoms with Gasteiger partial charge in [-0.3, -0.25) is 9.78 Å². The number of rotatable bonds is 2. The molecule has 6 aromatic rings. The molecule has 0 saturated heterocycles. The highest BCUT2D eigenvalue weighted by Crippen LogP contribution is 2.35. The first kappa shape index (κ1) is 17.2. The predicted octanol–water partition coefficient (Wildman–Crippen LogP) is 5.40. The third-order valence-electron chi connectivity index (χ3n) is 5.20. The number of hydrogen-bond acceptors (Lipinski definition) is 4. The Morgan fingerprint density at radius 1 is 0.967 bits per heavy atom. The van der Waals surface area contributed by atoms with Gasteiger partial charge in [-0.15, -0.1) is 0 Å². The third kappa shape index (κ3) is 2.59. The molecule has 3 aromatic heterocycles. The molecule has 0 fully saturated rings. The van der Waals surface area contributed by atoms with Crippen LogP contribution in [-0.2, 0) is 0 Å². The number of aromatic nitrogens is 4. The average molecular weight is 412 g/mol. The van der Waals surface area contributed by atoms with Crippen molar-refractivity contribution in [3.8, 4) is 0 Å². The Morgan fingerprint density at radius 3 is 2.80 bits per heavy atom. The Morgan fingerprint density at radius 2 is 1.87 bits per heavy atom. The molecule has 3 aromatic carbocycles. The standard InChI is InChI=1S/C23H13FN4OS/c24-13-5-6-15-17(10-13)19-16(7-8-25-22(19)29)21-20(15)27-23(28-21)30-14-9-12-3-1-2-4-18(12)26-11-14/h1-11H,(H,25,29)(H,27,28). The molecular weight excluding hydrogens is 399 g/mol. The summed E-state index contributed by atoms with van der Waals surface area (Å²) in [6.07, 6.45) is 3.40. The Bertz CT molecular complexity index is 1670. The Labute approximate surface area is 173 Å². The highest BCUT2D eigenvalue weighted by atomic mass is 32.2. The summed E-state index contributed by atoms with van der Waals surface area (Å²) in [5.41, 5.74) is 2.14. The molecule has 3 heterocycles. The molecule has 0 atom stereocenters. The van der Waals surface area contributed by atoms with E-state index in [1.807, 2.05) is 30.5 Å². The van der Waals surface area contributed by atoms with Gasteiger partial charge >= 0.3 is 0 Å². The van der Waals surface area contributed by atoms with Crippen LogP contribution in [0.25, 0.3) is 43.5 Å². The van der Waals surface area contributed by atoms with Crippen LogP contribution < -0.4 is 5.56 Å². The van der Waals surface area contributed by atoms with E-state index in [-0.39, 0.29) is 11.4 Å². The van der Waals surface area contributed by atoms with Crippen LogP contribution in [0.4, 0.5) is 4.39 Å². The minimum absolute atomic E-state index is 0.263. The second-order valence-corrected chi connectivity index (χ2v) is 8.08. The van der Waals surface area contributed by atoms with Crippen LogP contribution in [0.1, 0.15) is 0 Å². The van der Waals surface area contributed by atoms with Gasteiger partial charge in [-0.25, -0.2) is 9.37 Å². The number of para-hydroxylation sites is 1. The topological polar surface area (TPSA) is 74.4 Å². The van der Waals surface area contributed by atoms with Crippen molar-refractivity contribution in [1.29, 1.82) is 0 Å². The number of nitrogens with zero attached hydrogens (tertiary/aromatic N) is 2. The highest BCUT2D eigenvalue weighted by molar-refractivity contribution is 7.99. The van der Waals surface area contributed by atoms with Gasteiger partial charge in [0.05, 0.1) is 21.9 Å². The lowest BCUT2D eigenvalue weighted by Gasteiger charge is -2.05. The SMILES string of the molecule is O=c1[nH]ccc2c3nc(Sc4cnc5ccccc5c4)[nH]c3c3ccc(F)cc3c12. The van der Waals surface area contributed by atoms with Gasteiger partial charge in [-0.2, -0.15) is 0 Å². The van der Waals surface area contributed by atoms with Gasteiger partial charge in [0.1, 0.15) is 5.82 Å². The summed E-state index contributed by atoms with van der Waals surface area (Å²) in [5.74, 6) is -0.386. The van der Waals surface area contributed by atoms with Gasteiger partial charge in [0, 0.05) is 38.8 Å². The van der Waals surface area contributed by atoms with E-state index in [9.17, 15) is 9.18 Å². The maximum absolute atomic E-state index is 14.0. The molecule has 0 saturated carbocycles. The molecule has 0 aliphatic rings. The van der Waals surface area contributed by atoms with Crippen molar-refractivity contribution in [3.05, 3.63) is 83.2 Å². The molecule has 5 nitrogen and oxygen atoms in total. The Kier molecular flexibility index (Phi) is 3.66. The molecule has 0 bridgehead atoms. The van der Waals surface area contributed by atoms with Crippen LogP contribution >= 0.6 is 11.8 Å². The summed E-state index contributed by atoms with van der Waals surface area (Å²) < 4.78 is 14.0. The lowest BCUT2D eigenvalue weighted by Crippen LogP contribution is -2.05. The molecule has 0 unspecified atom stereocenters. The van der Waals surface area contributed by atoms with Crippen LogP contribution in [0, 0.1) is 5.82 Å². The number of H-pyrrole nitrogens is 2. The molecule has 0 amide bonds. The quantitative estimate of drug-likeness (QED) is 0.374. The minimum Gasteiger partial charge on any atom is -0.332 e. The maximum Gasteiger partial charge on any atom is 0.256 e. The fourth-order valence-electron chi connectivity index (χ4n) is 3.89. The summed E-state index contributed by atoms with van der Waals surface area (Å²) >= 11 is 1.46. The van der Waals surface area contributed by atoms with Crippen molar-refractivity contribution in [2.75, 3.05) is 0 Å². The van der Waals surface area contributed by atoms with Crippen molar-refractivity contribution in [3.63, 3.8) is 0 Å². The lowest BCUT2D eigenvalue weighted by molar-refractivity contribution is 0.630. The second-order valence-electron chi connectivity index (χ2n) is 7.02. The molecule has 6 rings (SSSR count). The summed E-state index contributed by atoms with van der Waals surface area (Å²) in [6, 6.07) is 16.3. The van der Waals surface area contributed by atoms with Gasteiger partial charge in [-0.1, -0.05) is 30.0 Å². The molecule has 2 N–H and O–H groups in total. The van der Waals surface area contributed by atoms with Crippen molar-refractivity contribution < 1.29 is 4.39 Å². The van der Waals surface area contributed by atoms with Crippen LogP contribution in [0.3, 0.4) is 0 Å².